The SMILES string of the molecule is CCc1ccc(S(=O)(=O)NCCN[C@@]2(C)CCS(=O)(=O)C2)cc1. The highest BCUT2D eigenvalue weighted by molar-refractivity contribution is 7.91. The third-order valence-electron chi connectivity index (χ3n) is 4.11. The van der Waals surface area contributed by atoms with E-state index in [4.69, 9.17) is 0 Å². The molecule has 1 heterocycles. The second-order valence-electron chi connectivity index (χ2n) is 6.22. The maximum absolute atomic E-state index is 12.2. The van der Waals surface area contributed by atoms with Crippen molar-refractivity contribution in [2.24, 2.45) is 0 Å². The Labute approximate surface area is 138 Å². The molecule has 23 heavy (non-hydrogen) atoms. The Morgan fingerprint density at radius 1 is 1.17 bits per heavy atom. The Kier molecular flexibility index (Phi) is 5.50. The molecule has 6 nitrogen and oxygen atoms in total. The Hall–Kier alpha value is -0.960. The summed E-state index contributed by atoms with van der Waals surface area (Å²) in [7, 11) is -6.50. The molecule has 0 aromatic heterocycles. The molecule has 1 aliphatic heterocycles. The van der Waals surface area contributed by atoms with Gasteiger partial charge in [-0.25, -0.2) is 21.6 Å². The second kappa shape index (κ2) is 6.88. The molecule has 0 saturated carbocycles. The third kappa shape index (κ3) is 5.00. The van der Waals surface area contributed by atoms with Gasteiger partial charge in [-0.3, -0.25) is 0 Å². The monoisotopic (exact) mass is 360 g/mol. The van der Waals surface area contributed by atoms with Crippen LogP contribution >= 0.6 is 0 Å². The molecule has 1 aromatic carbocycles. The number of nitrogens with one attached hydrogen (secondary N) is 2. The van der Waals surface area contributed by atoms with Crippen LogP contribution in [0.2, 0.25) is 0 Å². The fraction of sp³-hybridized carbons (Fsp3) is 0.600. The summed E-state index contributed by atoms with van der Waals surface area (Å²) < 4.78 is 49.9. The lowest BCUT2D eigenvalue weighted by atomic mass is 10.0. The minimum atomic E-state index is -3.53. The number of rotatable bonds is 7. The first-order valence-corrected chi connectivity index (χ1v) is 11.0. The van der Waals surface area contributed by atoms with Gasteiger partial charge in [0, 0.05) is 18.6 Å². The van der Waals surface area contributed by atoms with Crippen molar-refractivity contribution in [3.8, 4) is 0 Å². The molecule has 8 heteroatoms. The average Bonchev–Trinajstić information content (AvgIpc) is 2.78. The van der Waals surface area contributed by atoms with Gasteiger partial charge in [0.1, 0.15) is 0 Å². The van der Waals surface area contributed by atoms with E-state index in [0.717, 1.165) is 12.0 Å². The lowest BCUT2D eigenvalue weighted by Crippen LogP contribution is -2.46. The van der Waals surface area contributed by atoms with Gasteiger partial charge < -0.3 is 5.32 Å². The summed E-state index contributed by atoms with van der Waals surface area (Å²) in [5.74, 6) is 0.289. The molecular weight excluding hydrogens is 336 g/mol. The van der Waals surface area contributed by atoms with Crippen molar-refractivity contribution in [1.29, 1.82) is 0 Å². The van der Waals surface area contributed by atoms with Gasteiger partial charge in [-0.15, -0.1) is 0 Å². The quantitative estimate of drug-likeness (QED) is 0.698. The number of aryl methyl sites for hydroxylation is 1. The average molecular weight is 361 g/mol. The molecule has 2 N–H and O–H groups in total. The van der Waals surface area contributed by atoms with Crippen LogP contribution < -0.4 is 10.0 Å². The van der Waals surface area contributed by atoms with E-state index < -0.39 is 25.4 Å². The number of hydrogen-bond donors (Lipinski definition) is 2. The van der Waals surface area contributed by atoms with Crippen LogP contribution in [0.5, 0.6) is 0 Å². The first-order valence-electron chi connectivity index (χ1n) is 7.70. The van der Waals surface area contributed by atoms with Gasteiger partial charge in [-0.05, 0) is 37.5 Å². The molecule has 1 saturated heterocycles. The van der Waals surface area contributed by atoms with E-state index in [1.54, 1.807) is 24.3 Å². The predicted octanol–water partition coefficient (Wildman–Crippen LogP) is 0.694. The van der Waals surface area contributed by atoms with Crippen molar-refractivity contribution in [2.45, 2.75) is 37.1 Å². The topological polar surface area (TPSA) is 92.3 Å². The van der Waals surface area contributed by atoms with Crippen molar-refractivity contribution in [1.82, 2.24) is 10.0 Å². The summed E-state index contributed by atoms with van der Waals surface area (Å²) in [6.07, 6.45) is 1.42. The maximum Gasteiger partial charge on any atom is 0.240 e. The van der Waals surface area contributed by atoms with E-state index in [0.29, 0.717) is 13.0 Å². The van der Waals surface area contributed by atoms with Gasteiger partial charge in [0.2, 0.25) is 10.0 Å². The van der Waals surface area contributed by atoms with Crippen molar-refractivity contribution in [2.75, 3.05) is 24.6 Å². The number of hydrogen-bond acceptors (Lipinski definition) is 5. The fourth-order valence-corrected chi connectivity index (χ4v) is 5.84. The van der Waals surface area contributed by atoms with Crippen LogP contribution in [-0.2, 0) is 26.3 Å². The molecule has 1 atom stereocenters. The van der Waals surface area contributed by atoms with Crippen molar-refractivity contribution < 1.29 is 16.8 Å². The van der Waals surface area contributed by atoms with Crippen LogP contribution in [0.3, 0.4) is 0 Å². The third-order valence-corrected chi connectivity index (χ3v) is 7.49. The normalized spacial score (nSPS) is 23.9. The zero-order valence-electron chi connectivity index (χ0n) is 13.5. The van der Waals surface area contributed by atoms with Crippen molar-refractivity contribution in [3.05, 3.63) is 29.8 Å². The molecular formula is C15H24N2O4S2. The van der Waals surface area contributed by atoms with Crippen LogP contribution in [0.15, 0.2) is 29.2 Å². The van der Waals surface area contributed by atoms with E-state index in [2.05, 4.69) is 10.0 Å². The standard InChI is InChI=1S/C15H24N2O4S2/c1-3-13-4-6-14(7-5-13)23(20,21)17-10-9-16-15(2)8-11-22(18,19)12-15/h4-7,16-17H,3,8-12H2,1-2H3/t15-/m0/s1. The largest absolute Gasteiger partial charge is 0.309 e. The van der Waals surface area contributed by atoms with Gasteiger partial charge in [0.15, 0.2) is 9.84 Å². The van der Waals surface area contributed by atoms with E-state index in [9.17, 15) is 16.8 Å². The minimum Gasteiger partial charge on any atom is -0.309 e. The maximum atomic E-state index is 12.2. The summed E-state index contributed by atoms with van der Waals surface area (Å²) in [6, 6.07) is 6.80. The van der Waals surface area contributed by atoms with Crippen LogP contribution in [0.25, 0.3) is 0 Å². The molecule has 2 rings (SSSR count). The molecule has 0 amide bonds. The molecule has 0 bridgehead atoms. The Balaban J connectivity index is 1.85. The van der Waals surface area contributed by atoms with Crippen LogP contribution in [0, 0.1) is 0 Å². The highest BCUT2D eigenvalue weighted by atomic mass is 32.2. The number of sulfone groups is 1. The van der Waals surface area contributed by atoms with Gasteiger partial charge in [0.25, 0.3) is 0 Å². The summed E-state index contributed by atoms with van der Waals surface area (Å²) in [4.78, 5) is 0.240. The van der Waals surface area contributed by atoms with Crippen LogP contribution in [-0.4, -0.2) is 47.0 Å². The minimum absolute atomic E-state index is 0.102. The molecule has 0 spiro atoms. The smallest absolute Gasteiger partial charge is 0.240 e. The molecule has 0 radical (unpaired) electrons. The summed E-state index contributed by atoms with van der Waals surface area (Å²) in [5, 5.41) is 3.15. The number of sulfonamides is 1. The van der Waals surface area contributed by atoms with Gasteiger partial charge in [-0.2, -0.15) is 0 Å². The Morgan fingerprint density at radius 3 is 2.35 bits per heavy atom. The summed E-state index contributed by atoms with van der Waals surface area (Å²) in [6.45, 7) is 4.47. The molecule has 1 aromatic rings. The summed E-state index contributed by atoms with van der Waals surface area (Å²) in [5.41, 5.74) is 0.619. The zero-order valence-corrected chi connectivity index (χ0v) is 15.1. The molecule has 0 unspecified atom stereocenters. The fourth-order valence-electron chi connectivity index (χ4n) is 2.69. The highest BCUT2D eigenvalue weighted by Gasteiger charge is 2.37. The highest BCUT2D eigenvalue weighted by Crippen LogP contribution is 2.22. The lowest BCUT2D eigenvalue weighted by Gasteiger charge is -2.24. The van der Waals surface area contributed by atoms with Crippen LogP contribution in [0.1, 0.15) is 25.8 Å². The second-order valence-corrected chi connectivity index (χ2v) is 10.2. The molecule has 0 aliphatic carbocycles. The van der Waals surface area contributed by atoms with Crippen molar-refractivity contribution in [3.63, 3.8) is 0 Å². The first kappa shape index (κ1) is 18.4. The lowest BCUT2D eigenvalue weighted by molar-refractivity contribution is 0.400. The zero-order chi connectivity index (χ0) is 17.1. The number of benzene rings is 1. The van der Waals surface area contributed by atoms with Crippen molar-refractivity contribution >= 4 is 19.9 Å². The summed E-state index contributed by atoms with van der Waals surface area (Å²) >= 11 is 0. The molecule has 130 valence electrons. The predicted molar refractivity (Wildman–Crippen MR) is 90.7 cm³/mol. The molecule has 1 fully saturated rings. The van der Waals surface area contributed by atoms with E-state index >= 15 is 0 Å². The first-order chi connectivity index (χ1) is 10.7. The van der Waals surface area contributed by atoms with E-state index in [-0.39, 0.29) is 22.9 Å². The molecule has 1 aliphatic rings. The van der Waals surface area contributed by atoms with E-state index in [1.807, 2.05) is 13.8 Å². The van der Waals surface area contributed by atoms with E-state index in [1.165, 1.54) is 0 Å². The van der Waals surface area contributed by atoms with Gasteiger partial charge in [-0.1, -0.05) is 19.1 Å². The van der Waals surface area contributed by atoms with Gasteiger partial charge in [0.05, 0.1) is 16.4 Å². The Morgan fingerprint density at radius 2 is 1.83 bits per heavy atom. The van der Waals surface area contributed by atoms with Crippen LogP contribution in [0.4, 0.5) is 0 Å². The Bertz CT molecular complexity index is 742. The van der Waals surface area contributed by atoms with Gasteiger partial charge >= 0.3 is 0 Å².